The Morgan fingerprint density at radius 1 is 0.822 bits per heavy atom. The van der Waals surface area contributed by atoms with Gasteiger partial charge in [0.1, 0.15) is 12.6 Å². The van der Waals surface area contributed by atoms with Crippen molar-refractivity contribution in [3.05, 3.63) is 129 Å². The number of amides is 2. The summed E-state index contributed by atoms with van der Waals surface area (Å²) in [6.07, 6.45) is 0.876. The summed E-state index contributed by atoms with van der Waals surface area (Å²) >= 11 is 19.1. The Balaban J connectivity index is 1.83. The molecule has 0 radical (unpaired) electrons. The highest BCUT2D eigenvalue weighted by molar-refractivity contribution is 7.92. The molecule has 4 aromatic rings. The van der Waals surface area contributed by atoms with Crippen LogP contribution in [0.2, 0.25) is 15.1 Å². The van der Waals surface area contributed by atoms with Gasteiger partial charge in [0.15, 0.2) is 0 Å². The van der Waals surface area contributed by atoms with Crippen LogP contribution < -0.4 is 9.62 Å². The largest absolute Gasteiger partial charge is 0.352 e. The topological polar surface area (TPSA) is 86.8 Å². The van der Waals surface area contributed by atoms with Gasteiger partial charge in [-0.2, -0.15) is 0 Å². The molecule has 0 aliphatic heterocycles. The van der Waals surface area contributed by atoms with E-state index in [1.54, 1.807) is 48.5 Å². The van der Waals surface area contributed by atoms with E-state index in [0.29, 0.717) is 17.0 Å². The summed E-state index contributed by atoms with van der Waals surface area (Å²) in [6, 6.07) is 27.5. The van der Waals surface area contributed by atoms with Crippen molar-refractivity contribution >= 4 is 62.3 Å². The summed E-state index contributed by atoms with van der Waals surface area (Å²) in [4.78, 5) is 29.8. The van der Waals surface area contributed by atoms with Gasteiger partial charge >= 0.3 is 0 Å². The third-order valence-corrected chi connectivity index (χ3v) is 10.1. The second-order valence-electron chi connectivity index (χ2n) is 10.6. The number of carbonyl (C=O) groups is 2. The standard InChI is InChI=1S/C34H34Cl3N3O4S/c1-3-24(2)38-34(42)31(21-25-12-6-4-7-13-25)39(22-26-14-10-15-27(35)20-26)32(41)23-40(30-19-11-18-29(36)33(30)37)45(43,44)28-16-8-5-9-17-28/h4-20,24,31H,3,21-23H2,1-2H3,(H,38,42)/t24-,31+/m0/s1. The maximum Gasteiger partial charge on any atom is 0.264 e. The molecule has 2 amide bonds. The fourth-order valence-corrected chi connectivity index (χ4v) is 6.85. The molecule has 45 heavy (non-hydrogen) atoms. The molecular formula is C34H34Cl3N3O4S. The van der Waals surface area contributed by atoms with Crippen LogP contribution in [0.5, 0.6) is 0 Å². The first-order valence-corrected chi connectivity index (χ1v) is 17.0. The van der Waals surface area contributed by atoms with E-state index in [9.17, 15) is 18.0 Å². The van der Waals surface area contributed by atoms with Gasteiger partial charge in [-0.3, -0.25) is 13.9 Å². The Hall–Kier alpha value is -3.56. The van der Waals surface area contributed by atoms with Crippen LogP contribution in [-0.4, -0.2) is 43.8 Å². The number of sulfonamides is 1. The van der Waals surface area contributed by atoms with Gasteiger partial charge in [-0.05, 0) is 60.9 Å². The third kappa shape index (κ3) is 8.79. The van der Waals surface area contributed by atoms with Gasteiger partial charge in [0.2, 0.25) is 11.8 Å². The van der Waals surface area contributed by atoms with E-state index in [2.05, 4.69) is 5.32 Å². The number of nitrogens with zero attached hydrogens (tertiary/aromatic N) is 2. The molecule has 0 aromatic heterocycles. The molecule has 0 bridgehead atoms. The molecule has 0 aliphatic rings. The van der Waals surface area contributed by atoms with Crippen LogP contribution in [0.25, 0.3) is 0 Å². The van der Waals surface area contributed by atoms with Crippen LogP contribution in [-0.2, 0) is 32.6 Å². The van der Waals surface area contributed by atoms with Crippen LogP contribution in [0.4, 0.5) is 5.69 Å². The van der Waals surface area contributed by atoms with Crippen LogP contribution in [0.3, 0.4) is 0 Å². The van der Waals surface area contributed by atoms with Crippen molar-refractivity contribution in [2.24, 2.45) is 0 Å². The predicted octanol–water partition coefficient (Wildman–Crippen LogP) is 7.40. The number of benzene rings is 4. The van der Waals surface area contributed by atoms with Crippen molar-refractivity contribution in [2.45, 2.75) is 50.2 Å². The summed E-state index contributed by atoms with van der Waals surface area (Å²) in [5.41, 5.74) is 1.54. The van der Waals surface area contributed by atoms with Crippen molar-refractivity contribution in [1.82, 2.24) is 10.2 Å². The highest BCUT2D eigenvalue weighted by atomic mass is 35.5. The number of nitrogens with one attached hydrogen (secondary N) is 1. The molecule has 4 rings (SSSR count). The molecule has 0 saturated heterocycles. The van der Waals surface area contributed by atoms with E-state index in [-0.39, 0.29) is 45.5 Å². The number of hydrogen-bond donors (Lipinski definition) is 1. The lowest BCUT2D eigenvalue weighted by Gasteiger charge is -2.34. The number of hydrogen-bond acceptors (Lipinski definition) is 4. The van der Waals surface area contributed by atoms with Crippen LogP contribution in [0.1, 0.15) is 31.4 Å². The minimum Gasteiger partial charge on any atom is -0.352 e. The van der Waals surface area contributed by atoms with Crippen LogP contribution >= 0.6 is 34.8 Å². The van der Waals surface area contributed by atoms with Gasteiger partial charge in [0.25, 0.3) is 10.0 Å². The molecule has 2 atom stereocenters. The van der Waals surface area contributed by atoms with Crippen LogP contribution in [0, 0.1) is 0 Å². The van der Waals surface area contributed by atoms with Gasteiger partial charge < -0.3 is 10.2 Å². The van der Waals surface area contributed by atoms with E-state index in [1.807, 2.05) is 44.2 Å². The average molecular weight is 687 g/mol. The number of halogens is 3. The minimum absolute atomic E-state index is 0.00662. The van der Waals surface area contributed by atoms with Crippen molar-refractivity contribution in [1.29, 1.82) is 0 Å². The van der Waals surface area contributed by atoms with Crippen molar-refractivity contribution in [3.63, 3.8) is 0 Å². The lowest BCUT2D eigenvalue weighted by molar-refractivity contribution is -0.140. The first-order valence-electron chi connectivity index (χ1n) is 14.4. The Bertz CT molecular complexity index is 1720. The Morgan fingerprint density at radius 3 is 2.09 bits per heavy atom. The molecule has 0 heterocycles. The molecule has 7 nitrogen and oxygen atoms in total. The van der Waals surface area contributed by atoms with Gasteiger partial charge in [-0.15, -0.1) is 0 Å². The molecule has 0 saturated carbocycles. The second-order valence-corrected chi connectivity index (χ2v) is 13.7. The predicted molar refractivity (Wildman–Crippen MR) is 181 cm³/mol. The lowest BCUT2D eigenvalue weighted by atomic mass is 10.0. The Labute approximate surface area is 279 Å². The lowest BCUT2D eigenvalue weighted by Crippen LogP contribution is -2.54. The highest BCUT2D eigenvalue weighted by Gasteiger charge is 2.35. The Morgan fingerprint density at radius 2 is 1.44 bits per heavy atom. The minimum atomic E-state index is -4.31. The summed E-state index contributed by atoms with van der Waals surface area (Å²) < 4.78 is 29.1. The van der Waals surface area contributed by atoms with Crippen molar-refractivity contribution in [3.8, 4) is 0 Å². The molecule has 4 aromatic carbocycles. The number of carbonyl (C=O) groups excluding carboxylic acids is 2. The van der Waals surface area contributed by atoms with Gasteiger partial charge in [0, 0.05) is 24.0 Å². The smallest absolute Gasteiger partial charge is 0.264 e. The first-order chi connectivity index (χ1) is 21.5. The first kappa shape index (κ1) is 34.3. The maximum atomic E-state index is 14.5. The zero-order chi connectivity index (χ0) is 32.6. The van der Waals surface area contributed by atoms with E-state index in [0.717, 1.165) is 9.87 Å². The van der Waals surface area contributed by atoms with E-state index < -0.39 is 28.5 Å². The molecule has 0 unspecified atom stereocenters. The zero-order valence-corrected chi connectivity index (χ0v) is 28.0. The molecule has 0 spiro atoms. The second kappa shape index (κ2) is 15.6. The van der Waals surface area contributed by atoms with Gasteiger partial charge in [-0.1, -0.05) is 108 Å². The molecule has 11 heteroatoms. The normalized spacial score (nSPS) is 12.6. The van der Waals surface area contributed by atoms with Gasteiger partial charge in [0.05, 0.1) is 20.6 Å². The van der Waals surface area contributed by atoms with E-state index in [4.69, 9.17) is 34.8 Å². The molecule has 0 fully saturated rings. The van der Waals surface area contributed by atoms with Gasteiger partial charge in [-0.25, -0.2) is 8.42 Å². The maximum absolute atomic E-state index is 14.5. The number of rotatable bonds is 13. The summed E-state index contributed by atoms with van der Waals surface area (Å²) in [5.74, 6) is -0.979. The SMILES string of the molecule is CC[C@H](C)NC(=O)[C@@H](Cc1ccccc1)N(Cc1cccc(Cl)c1)C(=O)CN(c1cccc(Cl)c1Cl)S(=O)(=O)c1ccccc1. The summed E-state index contributed by atoms with van der Waals surface area (Å²) in [7, 11) is -4.31. The monoisotopic (exact) mass is 685 g/mol. The fraction of sp³-hybridized carbons (Fsp3) is 0.235. The number of anilines is 1. The highest BCUT2D eigenvalue weighted by Crippen LogP contribution is 2.35. The van der Waals surface area contributed by atoms with Crippen molar-refractivity contribution < 1.29 is 18.0 Å². The van der Waals surface area contributed by atoms with E-state index in [1.165, 1.54) is 29.2 Å². The summed E-state index contributed by atoms with van der Waals surface area (Å²) in [5, 5.41) is 3.57. The van der Waals surface area contributed by atoms with Crippen LogP contribution in [0.15, 0.2) is 108 Å². The molecule has 0 aliphatic carbocycles. The quantitative estimate of drug-likeness (QED) is 0.159. The van der Waals surface area contributed by atoms with E-state index >= 15 is 0 Å². The third-order valence-electron chi connectivity index (χ3n) is 7.32. The zero-order valence-electron chi connectivity index (χ0n) is 24.9. The molecule has 1 N–H and O–H groups in total. The Kier molecular flexibility index (Phi) is 11.9. The average Bonchev–Trinajstić information content (AvgIpc) is 3.03. The molecular weight excluding hydrogens is 653 g/mol. The molecule has 236 valence electrons. The summed E-state index contributed by atoms with van der Waals surface area (Å²) in [6.45, 7) is 3.18. The van der Waals surface area contributed by atoms with Crippen molar-refractivity contribution in [2.75, 3.05) is 10.8 Å². The fourth-order valence-electron chi connectivity index (χ4n) is 4.75.